The van der Waals surface area contributed by atoms with E-state index >= 15 is 0 Å². The molecule has 0 unspecified atom stereocenters. The minimum absolute atomic E-state index is 0.0362. The summed E-state index contributed by atoms with van der Waals surface area (Å²) in [6.07, 6.45) is 1.70. The molecule has 13 nitrogen and oxygen atoms in total. The van der Waals surface area contributed by atoms with Gasteiger partial charge in [-0.1, -0.05) is 59.8 Å². The molecule has 1 aliphatic heterocycles. The second-order valence-electron chi connectivity index (χ2n) is 13.3. The van der Waals surface area contributed by atoms with Crippen LogP contribution in [-0.2, 0) is 21.4 Å². The summed E-state index contributed by atoms with van der Waals surface area (Å²) in [5.41, 5.74) is 4.06. The van der Waals surface area contributed by atoms with Gasteiger partial charge in [0.05, 0.1) is 9.82 Å². The Morgan fingerprint density at radius 3 is 2.38 bits per heavy atom. The Hall–Kier alpha value is -5.00. The van der Waals surface area contributed by atoms with Crippen molar-refractivity contribution in [2.45, 2.75) is 28.2 Å². The van der Waals surface area contributed by atoms with Crippen LogP contribution < -0.4 is 14.9 Å². The molecule has 6 rings (SSSR count). The summed E-state index contributed by atoms with van der Waals surface area (Å²) in [5, 5.41) is 17.7. The maximum absolute atomic E-state index is 13.3. The molecular formula is C39H40ClN7O6S3. The molecule has 5 aromatic rings. The van der Waals surface area contributed by atoms with Crippen LogP contribution in [0.4, 0.5) is 17.1 Å². The zero-order chi connectivity index (χ0) is 39.8. The Morgan fingerprint density at radius 2 is 1.71 bits per heavy atom. The SMILES string of the molecule is CN(C)C(=O)C[C@H](CSc1nccs1)Nc1ccc(S(=O)(=O)NC(=O)c2ccc(N3CCN(Cc4ccccc4-c4ccc(Cl)cc4)CC3)cc2)cc1[N+](=O)[O-]. The Morgan fingerprint density at radius 1 is 1.00 bits per heavy atom. The number of benzene rings is 4. The first-order valence-electron chi connectivity index (χ1n) is 17.6. The van der Waals surface area contributed by atoms with Gasteiger partial charge in [0.1, 0.15) is 10.0 Å². The van der Waals surface area contributed by atoms with Gasteiger partial charge in [-0.15, -0.1) is 11.3 Å². The first kappa shape index (κ1) is 40.7. The number of nitrogens with one attached hydrogen (secondary N) is 2. The van der Waals surface area contributed by atoms with Crippen LogP contribution in [0.25, 0.3) is 11.1 Å². The first-order valence-corrected chi connectivity index (χ1v) is 21.3. The number of carbonyl (C=O) groups is 2. The molecule has 0 spiro atoms. The van der Waals surface area contributed by atoms with E-state index in [-0.39, 0.29) is 23.6 Å². The van der Waals surface area contributed by atoms with Gasteiger partial charge in [0.15, 0.2) is 0 Å². The fourth-order valence-electron chi connectivity index (χ4n) is 6.21. The summed E-state index contributed by atoms with van der Waals surface area (Å²) in [7, 11) is -1.25. The second kappa shape index (κ2) is 18.3. The number of nitro benzene ring substituents is 1. The molecule has 1 aliphatic rings. The standard InChI is InChI=1S/C39H40ClN7O6S3/c1-44(2)37(48)23-31(26-55-39-41-17-22-54-39)42-35-16-15-33(24-36(35)47(50)51)56(52,53)43-38(49)28-9-13-32(14-10-28)46-20-18-45(19-21-46)25-29-5-3-4-6-34(29)27-7-11-30(40)12-8-27/h3-17,22,24,31,42H,18-21,23,25-26H2,1-2H3,(H,43,49)/t31-/m1/s1. The number of carbonyl (C=O) groups excluding carboxylic acids is 2. The number of nitro groups is 1. The third kappa shape index (κ3) is 10.4. The van der Waals surface area contributed by atoms with Crippen molar-refractivity contribution in [3.05, 3.63) is 129 Å². The van der Waals surface area contributed by atoms with Crippen LogP contribution in [0.15, 0.2) is 112 Å². The summed E-state index contributed by atoms with van der Waals surface area (Å²) in [6, 6.07) is 25.7. The molecule has 1 aromatic heterocycles. The van der Waals surface area contributed by atoms with E-state index in [2.05, 4.69) is 32.2 Å². The lowest BCUT2D eigenvalue weighted by molar-refractivity contribution is -0.384. The monoisotopic (exact) mass is 833 g/mol. The van der Waals surface area contributed by atoms with Crippen molar-refractivity contribution in [3.63, 3.8) is 0 Å². The minimum Gasteiger partial charge on any atom is -0.375 e. The van der Waals surface area contributed by atoms with Crippen LogP contribution in [-0.4, -0.2) is 92.0 Å². The van der Waals surface area contributed by atoms with Gasteiger partial charge in [0.2, 0.25) is 5.91 Å². The van der Waals surface area contributed by atoms with Crippen molar-refractivity contribution in [1.29, 1.82) is 0 Å². The van der Waals surface area contributed by atoms with E-state index < -0.39 is 37.5 Å². The van der Waals surface area contributed by atoms with Crippen molar-refractivity contribution < 1.29 is 22.9 Å². The molecule has 1 fully saturated rings. The number of anilines is 2. The van der Waals surface area contributed by atoms with Crippen LogP contribution in [0, 0.1) is 10.1 Å². The van der Waals surface area contributed by atoms with Crippen molar-refractivity contribution in [2.75, 3.05) is 56.2 Å². The number of halogens is 1. The Kier molecular flexibility index (Phi) is 13.3. The number of hydrogen-bond acceptors (Lipinski definition) is 12. The van der Waals surface area contributed by atoms with Crippen LogP contribution in [0.5, 0.6) is 0 Å². The molecule has 1 saturated heterocycles. The molecular weight excluding hydrogens is 794 g/mol. The van der Waals surface area contributed by atoms with Gasteiger partial charge in [-0.2, -0.15) is 0 Å². The largest absolute Gasteiger partial charge is 0.375 e. The predicted molar refractivity (Wildman–Crippen MR) is 222 cm³/mol. The molecule has 4 aromatic carbocycles. The Labute approximate surface area is 338 Å². The number of piperazine rings is 1. The number of sulfonamides is 1. The molecule has 56 heavy (non-hydrogen) atoms. The molecule has 0 radical (unpaired) electrons. The van der Waals surface area contributed by atoms with E-state index in [1.54, 1.807) is 44.6 Å². The normalized spacial score (nSPS) is 13.9. The number of hydrogen-bond donors (Lipinski definition) is 2. The lowest BCUT2D eigenvalue weighted by atomic mass is 9.99. The number of thiazole rings is 1. The highest BCUT2D eigenvalue weighted by Gasteiger charge is 2.27. The lowest BCUT2D eigenvalue weighted by Gasteiger charge is -2.36. The summed E-state index contributed by atoms with van der Waals surface area (Å²) >= 11 is 8.94. The molecule has 1 atom stereocenters. The van der Waals surface area contributed by atoms with Gasteiger partial charge in [-0.3, -0.25) is 24.6 Å². The maximum Gasteiger partial charge on any atom is 0.293 e. The molecule has 292 valence electrons. The number of thioether (sulfide) groups is 1. The highest BCUT2D eigenvalue weighted by molar-refractivity contribution is 8.01. The number of nitrogens with zero attached hydrogens (tertiary/aromatic N) is 5. The van der Waals surface area contributed by atoms with Gasteiger partial charge < -0.3 is 15.1 Å². The average molecular weight is 834 g/mol. The van der Waals surface area contributed by atoms with Crippen molar-refractivity contribution in [2.24, 2.45) is 0 Å². The second-order valence-corrected chi connectivity index (χ2v) is 17.6. The quantitative estimate of drug-likeness (QED) is 0.0645. The van der Waals surface area contributed by atoms with Crippen LogP contribution in [0.2, 0.25) is 5.02 Å². The third-order valence-corrected chi connectivity index (χ3v) is 12.9. The van der Waals surface area contributed by atoms with Crippen molar-refractivity contribution in [3.8, 4) is 11.1 Å². The Balaban J connectivity index is 1.07. The molecule has 0 bridgehead atoms. The van der Waals surface area contributed by atoms with Crippen LogP contribution in [0.1, 0.15) is 22.3 Å². The fraction of sp³-hybridized carbons (Fsp3) is 0.256. The predicted octanol–water partition coefficient (Wildman–Crippen LogP) is 6.86. The number of aromatic nitrogens is 1. The van der Waals surface area contributed by atoms with Crippen molar-refractivity contribution in [1.82, 2.24) is 19.5 Å². The van der Waals surface area contributed by atoms with E-state index in [4.69, 9.17) is 11.6 Å². The summed E-state index contributed by atoms with van der Waals surface area (Å²) in [5.74, 6) is -0.686. The first-order chi connectivity index (χ1) is 26.9. The summed E-state index contributed by atoms with van der Waals surface area (Å²) in [4.78, 5) is 46.9. The molecule has 2 N–H and O–H groups in total. The average Bonchev–Trinajstić information content (AvgIpc) is 3.72. The summed E-state index contributed by atoms with van der Waals surface area (Å²) < 4.78 is 29.5. The molecule has 17 heteroatoms. The van der Waals surface area contributed by atoms with Crippen molar-refractivity contribution >= 4 is 73.6 Å². The van der Waals surface area contributed by atoms with E-state index in [1.807, 2.05) is 46.5 Å². The van der Waals surface area contributed by atoms with Gasteiger partial charge in [0, 0.05) is 99.0 Å². The number of rotatable bonds is 15. The van der Waals surface area contributed by atoms with E-state index in [0.29, 0.717) is 10.8 Å². The lowest BCUT2D eigenvalue weighted by Crippen LogP contribution is -2.46. The van der Waals surface area contributed by atoms with Gasteiger partial charge >= 0.3 is 0 Å². The molecule has 2 amide bonds. The van der Waals surface area contributed by atoms with Crippen LogP contribution in [0.3, 0.4) is 0 Å². The summed E-state index contributed by atoms with van der Waals surface area (Å²) in [6.45, 7) is 3.99. The van der Waals surface area contributed by atoms with Gasteiger partial charge in [-0.05, 0) is 65.2 Å². The number of amides is 2. The molecule has 0 aliphatic carbocycles. The van der Waals surface area contributed by atoms with Gasteiger partial charge in [-0.25, -0.2) is 18.1 Å². The Bertz CT molecular complexity index is 2270. The van der Waals surface area contributed by atoms with Gasteiger partial charge in [0.25, 0.3) is 21.6 Å². The third-order valence-electron chi connectivity index (χ3n) is 9.23. The zero-order valence-electron chi connectivity index (χ0n) is 30.6. The molecule has 2 heterocycles. The van der Waals surface area contributed by atoms with E-state index in [1.165, 1.54) is 51.3 Å². The maximum atomic E-state index is 13.3. The topological polar surface area (TPSA) is 158 Å². The smallest absolute Gasteiger partial charge is 0.293 e. The molecule has 0 saturated carbocycles. The minimum atomic E-state index is -4.49. The zero-order valence-corrected chi connectivity index (χ0v) is 33.8. The van der Waals surface area contributed by atoms with Crippen LogP contribution >= 0.6 is 34.7 Å². The highest BCUT2D eigenvalue weighted by atomic mass is 35.5. The van der Waals surface area contributed by atoms with E-state index in [0.717, 1.165) is 54.4 Å². The highest BCUT2D eigenvalue weighted by Crippen LogP contribution is 2.31. The fourth-order valence-corrected chi connectivity index (χ4v) is 9.01. The van der Waals surface area contributed by atoms with E-state index in [9.17, 15) is 28.1 Å².